The van der Waals surface area contributed by atoms with Crippen molar-refractivity contribution in [2.45, 2.75) is 114 Å². The molecule has 4 saturated carbocycles. The summed E-state index contributed by atoms with van der Waals surface area (Å²) in [6.45, 7) is 16.7. The number of hydrogen-bond acceptors (Lipinski definition) is 0. The molecule has 4 bridgehead atoms. The molecule has 6 aliphatic carbocycles. The Balaban J connectivity index is 0.00000201. The van der Waals surface area contributed by atoms with Crippen molar-refractivity contribution in [1.82, 2.24) is 0 Å². The average Bonchev–Trinajstić information content (AvgIpc) is 3.54. The van der Waals surface area contributed by atoms with Gasteiger partial charge in [-0.1, -0.05) is 0 Å². The molecule has 3 aromatic rings. The van der Waals surface area contributed by atoms with Crippen molar-refractivity contribution in [2.75, 3.05) is 0 Å². The van der Waals surface area contributed by atoms with Crippen LogP contribution in [0.4, 0.5) is 0 Å². The topological polar surface area (TPSA) is 0 Å². The van der Waals surface area contributed by atoms with Crippen molar-refractivity contribution in [1.29, 1.82) is 0 Å². The molecular weight excluding hydrogens is 703 g/mol. The van der Waals surface area contributed by atoms with Crippen LogP contribution in [0, 0.1) is 23.2 Å². The van der Waals surface area contributed by atoms with E-state index in [2.05, 4.69) is 125 Å². The second kappa shape index (κ2) is 13.2. The van der Waals surface area contributed by atoms with Gasteiger partial charge in [0.15, 0.2) is 0 Å². The van der Waals surface area contributed by atoms with E-state index >= 15 is 0 Å². The monoisotopic (exact) mass is 754 g/mol. The predicted molar refractivity (Wildman–Crippen MR) is 193 cm³/mol. The molecule has 9 rings (SSSR count). The van der Waals surface area contributed by atoms with E-state index in [-0.39, 0.29) is 35.6 Å². The molecule has 0 nitrogen and oxygen atoms in total. The van der Waals surface area contributed by atoms with E-state index in [1.54, 1.807) is 16.7 Å². The van der Waals surface area contributed by atoms with Gasteiger partial charge in [-0.15, -0.1) is 0 Å². The smallest absolute Gasteiger partial charge is 1.00 e. The molecule has 0 aromatic heterocycles. The Hall–Kier alpha value is -1.53. The summed E-state index contributed by atoms with van der Waals surface area (Å²) in [7, 11) is 0. The van der Waals surface area contributed by atoms with E-state index in [9.17, 15) is 0 Å². The zero-order chi connectivity index (χ0) is 32.0. The molecule has 6 aliphatic rings. The fourth-order valence-corrected chi connectivity index (χ4v) is 19.6. The quantitative estimate of drug-likeness (QED) is 0.307. The number of halogens is 2. The van der Waals surface area contributed by atoms with Gasteiger partial charge in [0.25, 0.3) is 0 Å². The molecule has 3 heteroatoms. The molecule has 0 radical (unpaired) electrons. The first-order valence-electron chi connectivity index (χ1n) is 18.3. The van der Waals surface area contributed by atoms with Crippen molar-refractivity contribution in [3.05, 3.63) is 115 Å². The fraction of sp³-hybridized carbons (Fsp3) is 0.489. The molecule has 0 amide bonds. The number of rotatable bonds is 5. The van der Waals surface area contributed by atoms with Crippen LogP contribution in [-0.4, -0.2) is 3.71 Å². The molecule has 0 aliphatic heterocycles. The number of fused-ring (bicyclic) bond motifs is 3. The zero-order valence-corrected chi connectivity index (χ0v) is 34.2. The van der Waals surface area contributed by atoms with E-state index in [4.69, 9.17) is 0 Å². The average molecular weight is 757 g/mol. The number of allylic oxidation sites excluding steroid dienone is 4. The third-order valence-electron chi connectivity index (χ3n) is 12.7. The standard InChI is InChI=1S/C21H25.C16H21.C8H8.2ClH.Zr/c1-20(2,3)16-9-7-14-11-15-8-10-17(21(4,5)6)13-19(15)18(14)12-16;1-11-3-2-4-15(11)16-8-12-5-13(9-16)7-14(6-12)10-16;1-2-8-6-4-3-5-7-8;;;/h7-13H,1-6H3;3,12-14H,2,5-10H2,1H3;1,3-7H,2H2;2*1H;/q;;;;;+2/p-2. The Morgan fingerprint density at radius 2 is 1.21 bits per heavy atom. The van der Waals surface area contributed by atoms with Crippen LogP contribution < -0.4 is 24.8 Å². The zero-order valence-electron chi connectivity index (χ0n) is 30.2. The third-order valence-corrected chi connectivity index (χ3v) is 20.2. The van der Waals surface area contributed by atoms with E-state index in [1.165, 1.54) is 72.8 Å². The van der Waals surface area contributed by atoms with Crippen LogP contribution in [0.15, 0.2) is 87.2 Å². The Bertz CT molecular complexity index is 1690. The molecule has 0 saturated heterocycles. The first kappa shape index (κ1) is 36.3. The summed E-state index contributed by atoms with van der Waals surface area (Å²) in [5.41, 5.74) is 15.0. The minimum absolute atomic E-state index is 0. The van der Waals surface area contributed by atoms with Crippen LogP contribution in [0.1, 0.15) is 125 Å². The summed E-state index contributed by atoms with van der Waals surface area (Å²) < 4.78 is 5.46. The van der Waals surface area contributed by atoms with E-state index < -0.39 is 21.3 Å². The molecule has 48 heavy (non-hydrogen) atoms. The molecule has 3 aromatic carbocycles. The van der Waals surface area contributed by atoms with Gasteiger partial charge in [-0.05, 0) is 0 Å². The van der Waals surface area contributed by atoms with Gasteiger partial charge in [0.05, 0.1) is 0 Å². The van der Waals surface area contributed by atoms with E-state index in [0.717, 1.165) is 24.2 Å². The van der Waals surface area contributed by atoms with Crippen LogP contribution in [0.3, 0.4) is 0 Å². The minimum Gasteiger partial charge on any atom is -1.00 e. The second-order valence-corrected chi connectivity index (χ2v) is 24.2. The molecule has 0 unspecified atom stereocenters. The van der Waals surface area contributed by atoms with Crippen molar-refractivity contribution < 1.29 is 46.1 Å². The van der Waals surface area contributed by atoms with Gasteiger partial charge in [0.1, 0.15) is 0 Å². The maximum atomic E-state index is 2.94. The summed E-state index contributed by atoms with van der Waals surface area (Å²) >= 11 is -2.46. The Morgan fingerprint density at radius 1 is 0.708 bits per heavy atom. The summed E-state index contributed by atoms with van der Waals surface area (Å²) in [6.07, 6.45) is 14.0. The summed E-state index contributed by atoms with van der Waals surface area (Å²) in [5.74, 6) is 2.94. The van der Waals surface area contributed by atoms with Crippen LogP contribution in [0.2, 0.25) is 0 Å². The molecular formula is C45H54Cl2Zr. The van der Waals surface area contributed by atoms with Crippen molar-refractivity contribution in [3.63, 3.8) is 0 Å². The molecule has 4 fully saturated rings. The molecule has 0 N–H and O–H groups in total. The predicted octanol–water partition coefficient (Wildman–Crippen LogP) is 5.84. The normalized spacial score (nSPS) is 25.8. The van der Waals surface area contributed by atoms with E-state index in [0.29, 0.717) is 9.04 Å². The third kappa shape index (κ3) is 6.30. The van der Waals surface area contributed by atoms with Crippen molar-refractivity contribution in [3.8, 4) is 11.1 Å². The maximum Gasteiger partial charge on any atom is -1.00 e. The maximum absolute atomic E-state index is 2.94. The van der Waals surface area contributed by atoms with Crippen molar-refractivity contribution >= 4 is 3.71 Å². The largest absolute Gasteiger partial charge is 1.00 e. The van der Waals surface area contributed by atoms with Crippen LogP contribution in [0.25, 0.3) is 11.1 Å². The molecule has 0 heterocycles. The fourth-order valence-electron chi connectivity index (χ4n) is 10.9. The second-order valence-electron chi connectivity index (χ2n) is 18.0. The van der Waals surface area contributed by atoms with Gasteiger partial charge in [-0.2, -0.15) is 0 Å². The van der Waals surface area contributed by atoms with Crippen LogP contribution >= 0.6 is 0 Å². The summed E-state index contributed by atoms with van der Waals surface area (Å²) in [6, 6.07) is 26.6. The van der Waals surface area contributed by atoms with E-state index in [1.807, 2.05) is 8.85 Å². The molecule has 0 spiro atoms. The Kier molecular flexibility index (Phi) is 9.99. The number of hydrogen-bond donors (Lipinski definition) is 0. The first-order valence-corrected chi connectivity index (χ1v) is 22.4. The van der Waals surface area contributed by atoms with Crippen LogP contribution in [0.5, 0.6) is 0 Å². The van der Waals surface area contributed by atoms with Gasteiger partial charge in [-0.25, -0.2) is 0 Å². The SMILES string of the molecule is CC1=CC[C](/[Zr+2](=[CH]/Cc2ccccc2)[CH]2c3ccc(C(C)(C)C)cc3-c3cc(C(C)(C)C)ccc32)=C1C12CC3CC(CC(C3)C1)C2.[Cl-].[Cl-]. The van der Waals surface area contributed by atoms with Gasteiger partial charge >= 0.3 is 289 Å². The summed E-state index contributed by atoms with van der Waals surface area (Å²) in [4.78, 5) is 0. The number of benzene rings is 3. The van der Waals surface area contributed by atoms with Gasteiger partial charge in [0.2, 0.25) is 0 Å². The Morgan fingerprint density at radius 3 is 1.69 bits per heavy atom. The molecule has 0 atom stereocenters. The van der Waals surface area contributed by atoms with Gasteiger partial charge in [-0.3, -0.25) is 0 Å². The Labute approximate surface area is 311 Å². The first-order chi connectivity index (χ1) is 21.9. The van der Waals surface area contributed by atoms with Gasteiger partial charge in [0, 0.05) is 0 Å². The van der Waals surface area contributed by atoms with Crippen LogP contribution in [-0.2, 0) is 38.5 Å². The molecule has 252 valence electrons. The van der Waals surface area contributed by atoms with Gasteiger partial charge < -0.3 is 24.8 Å². The van der Waals surface area contributed by atoms with Crippen molar-refractivity contribution in [2.24, 2.45) is 23.2 Å². The summed E-state index contributed by atoms with van der Waals surface area (Å²) in [5, 5.41) is 0. The minimum atomic E-state index is -2.46.